The Hall–Kier alpha value is -1.90. The molecule has 0 amide bonds. The third kappa shape index (κ3) is 4.34. The van der Waals surface area contributed by atoms with E-state index in [0.29, 0.717) is 31.0 Å². The van der Waals surface area contributed by atoms with Gasteiger partial charge in [0.2, 0.25) is 0 Å². The molecule has 2 N–H and O–H groups in total. The lowest BCUT2D eigenvalue weighted by molar-refractivity contribution is 0.531. The predicted molar refractivity (Wildman–Crippen MR) is 106 cm³/mol. The molecule has 1 atom stereocenters. The maximum absolute atomic E-state index is 13.1. The fraction of sp³-hybridized carbons (Fsp3) is 0.368. The minimum atomic E-state index is -3.49. The Morgan fingerprint density at radius 1 is 1.04 bits per heavy atom. The Kier molecular flexibility index (Phi) is 5.60. The van der Waals surface area contributed by atoms with Gasteiger partial charge in [-0.3, -0.25) is 0 Å². The molecular weight excluding hydrogens is 384 g/mol. The molecular formula is C19H24N2O4S2. The van der Waals surface area contributed by atoms with E-state index in [2.05, 4.69) is 0 Å². The van der Waals surface area contributed by atoms with E-state index in [1.165, 1.54) is 6.26 Å². The zero-order chi connectivity index (χ0) is 19.7. The van der Waals surface area contributed by atoms with Crippen LogP contribution >= 0.6 is 0 Å². The number of piperidine rings is 1. The number of nitrogens with two attached hydrogens (primary N) is 1. The molecule has 1 aliphatic rings. The zero-order valence-corrected chi connectivity index (χ0v) is 16.8. The number of sulfone groups is 2. The maximum atomic E-state index is 13.1. The quantitative estimate of drug-likeness (QED) is 0.813. The molecule has 27 heavy (non-hydrogen) atoms. The smallest absolute Gasteiger partial charge is 0.182 e. The van der Waals surface area contributed by atoms with Gasteiger partial charge in [-0.25, -0.2) is 16.8 Å². The summed E-state index contributed by atoms with van der Waals surface area (Å²) < 4.78 is 49.8. The third-order valence-electron chi connectivity index (χ3n) is 4.89. The van der Waals surface area contributed by atoms with Gasteiger partial charge in [0.25, 0.3) is 0 Å². The molecule has 0 spiro atoms. The summed E-state index contributed by atoms with van der Waals surface area (Å²) in [5.74, 6) is 0. The lowest BCUT2D eigenvalue weighted by Crippen LogP contribution is -2.42. The average molecular weight is 409 g/mol. The maximum Gasteiger partial charge on any atom is 0.182 e. The minimum Gasteiger partial charge on any atom is -0.370 e. The van der Waals surface area contributed by atoms with Crippen molar-refractivity contribution in [3.63, 3.8) is 0 Å². The summed E-state index contributed by atoms with van der Waals surface area (Å²) in [6.07, 6.45) is 2.47. The van der Waals surface area contributed by atoms with E-state index in [-0.39, 0.29) is 4.90 Å². The molecule has 0 saturated carbocycles. The summed E-state index contributed by atoms with van der Waals surface area (Å²) >= 11 is 0. The Labute approximate surface area is 160 Å². The molecule has 1 aliphatic heterocycles. The molecule has 146 valence electrons. The monoisotopic (exact) mass is 408 g/mol. The standard InChI is InChI=1S/C19H24N2O4S2/c1-26(22,23)17-7-3-6-16(12-17)21-10-4-9-19(14-21)27(24,25)18-8-2-5-15(11-18)13-20/h2-3,5-8,11-12,19H,4,9-10,13-14,20H2,1H3. The van der Waals surface area contributed by atoms with Gasteiger partial charge in [0.15, 0.2) is 19.7 Å². The van der Waals surface area contributed by atoms with E-state index in [0.717, 1.165) is 17.7 Å². The second-order valence-corrected chi connectivity index (χ2v) is 11.1. The molecule has 8 heteroatoms. The molecule has 0 aromatic heterocycles. The molecule has 0 bridgehead atoms. The van der Waals surface area contributed by atoms with Crippen LogP contribution in [0.1, 0.15) is 18.4 Å². The van der Waals surface area contributed by atoms with Gasteiger partial charge in [0, 0.05) is 31.6 Å². The van der Waals surface area contributed by atoms with Gasteiger partial charge in [0.05, 0.1) is 15.0 Å². The number of anilines is 1. The molecule has 2 aromatic carbocycles. The van der Waals surface area contributed by atoms with Crippen LogP contribution in [0.15, 0.2) is 58.3 Å². The third-order valence-corrected chi connectivity index (χ3v) is 8.17. The highest BCUT2D eigenvalue weighted by Crippen LogP contribution is 2.28. The number of rotatable bonds is 5. The second kappa shape index (κ2) is 7.61. The van der Waals surface area contributed by atoms with Gasteiger partial charge < -0.3 is 10.6 Å². The highest BCUT2D eigenvalue weighted by atomic mass is 32.2. The highest BCUT2D eigenvalue weighted by Gasteiger charge is 2.32. The van der Waals surface area contributed by atoms with Gasteiger partial charge in [0.1, 0.15) is 0 Å². The summed E-state index contributed by atoms with van der Waals surface area (Å²) in [4.78, 5) is 2.48. The Bertz CT molecular complexity index is 1030. The van der Waals surface area contributed by atoms with E-state index in [1.54, 1.807) is 36.4 Å². The number of benzene rings is 2. The molecule has 0 radical (unpaired) electrons. The van der Waals surface area contributed by atoms with Gasteiger partial charge in [-0.1, -0.05) is 18.2 Å². The van der Waals surface area contributed by atoms with Crippen LogP contribution in [-0.2, 0) is 26.2 Å². The van der Waals surface area contributed by atoms with E-state index < -0.39 is 24.9 Å². The van der Waals surface area contributed by atoms with Gasteiger partial charge in [-0.15, -0.1) is 0 Å². The van der Waals surface area contributed by atoms with Crippen LogP contribution in [0.3, 0.4) is 0 Å². The van der Waals surface area contributed by atoms with Crippen molar-refractivity contribution in [1.82, 2.24) is 0 Å². The fourth-order valence-corrected chi connectivity index (χ4v) is 5.86. The van der Waals surface area contributed by atoms with Crippen LogP contribution in [0.2, 0.25) is 0 Å². The Morgan fingerprint density at radius 2 is 1.74 bits per heavy atom. The first-order valence-corrected chi connectivity index (χ1v) is 12.2. The first kappa shape index (κ1) is 19.9. The SMILES string of the molecule is CS(=O)(=O)c1cccc(N2CCCC(S(=O)(=O)c3cccc(CN)c3)C2)c1. The first-order valence-electron chi connectivity index (χ1n) is 8.80. The normalized spacial score (nSPS) is 18.4. The average Bonchev–Trinajstić information content (AvgIpc) is 2.67. The van der Waals surface area contributed by atoms with Crippen LogP contribution < -0.4 is 10.6 Å². The lowest BCUT2D eigenvalue weighted by atomic mass is 10.1. The minimum absolute atomic E-state index is 0.237. The fourth-order valence-electron chi connectivity index (χ4n) is 3.38. The van der Waals surface area contributed by atoms with Gasteiger partial charge in [-0.2, -0.15) is 0 Å². The van der Waals surface area contributed by atoms with E-state index in [1.807, 2.05) is 17.0 Å². The second-order valence-electron chi connectivity index (χ2n) is 6.88. The van der Waals surface area contributed by atoms with Gasteiger partial charge in [-0.05, 0) is 48.7 Å². The molecule has 1 saturated heterocycles. The van der Waals surface area contributed by atoms with Crippen molar-refractivity contribution >= 4 is 25.4 Å². The van der Waals surface area contributed by atoms with E-state index in [9.17, 15) is 16.8 Å². The molecule has 1 heterocycles. The molecule has 2 aromatic rings. The van der Waals surface area contributed by atoms with Crippen molar-refractivity contribution in [2.45, 2.75) is 34.4 Å². The highest BCUT2D eigenvalue weighted by molar-refractivity contribution is 7.92. The van der Waals surface area contributed by atoms with Crippen molar-refractivity contribution in [3.05, 3.63) is 54.1 Å². The number of hydrogen-bond acceptors (Lipinski definition) is 6. The topological polar surface area (TPSA) is 97.5 Å². The van der Waals surface area contributed by atoms with Crippen molar-refractivity contribution in [3.8, 4) is 0 Å². The van der Waals surface area contributed by atoms with E-state index in [4.69, 9.17) is 5.73 Å². The first-order chi connectivity index (χ1) is 12.7. The largest absolute Gasteiger partial charge is 0.370 e. The summed E-state index contributed by atoms with van der Waals surface area (Å²) in [6.45, 7) is 1.32. The molecule has 0 aliphatic carbocycles. The summed E-state index contributed by atoms with van der Waals surface area (Å²) in [5, 5.41) is -0.541. The van der Waals surface area contributed by atoms with Crippen LogP contribution in [0.4, 0.5) is 5.69 Å². The molecule has 6 nitrogen and oxygen atoms in total. The van der Waals surface area contributed by atoms with Crippen LogP contribution in [0.25, 0.3) is 0 Å². The Balaban J connectivity index is 1.88. The van der Waals surface area contributed by atoms with E-state index >= 15 is 0 Å². The summed E-state index contributed by atoms with van der Waals surface area (Å²) in [6, 6.07) is 13.4. The lowest BCUT2D eigenvalue weighted by Gasteiger charge is -2.34. The molecule has 1 fully saturated rings. The molecule has 1 unspecified atom stereocenters. The summed E-state index contributed by atoms with van der Waals surface area (Å²) in [7, 11) is -6.80. The van der Waals surface area contributed by atoms with Crippen molar-refractivity contribution in [2.24, 2.45) is 5.73 Å². The van der Waals surface area contributed by atoms with Crippen LogP contribution in [-0.4, -0.2) is 41.4 Å². The van der Waals surface area contributed by atoms with Crippen molar-refractivity contribution in [1.29, 1.82) is 0 Å². The number of hydrogen-bond donors (Lipinski definition) is 1. The summed E-state index contributed by atoms with van der Waals surface area (Å²) in [5.41, 5.74) is 7.15. The van der Waals surface area contributed by atoms with Gasteiger partial charge >= 0.3 is 0 Å². The van der Waals surface area contributed by atoms with Crippen LogP contribution in [0, 0.1) is 0 Å². The zero-order valence-electron chi connectivity index (χ0n) is 15.2. The number of nitrogens with zero attached hydrogens (tertiary/aromatic N) is 1. The van der Waals surface area contributed by atoms with Crippen molar-refractivity contribution in [2.75, 3.05) is 24.2 Å². The predicted octanol–water partition coefficient (Wildman–Crippen LogP) is 1.99. The molecule has 3 rings (SSSR count). The Morgan fingerprint density at radius 3 is 2.44 bits per heavy atom. The van der Waals surface area contributed by atoms with Crippen LogP contribution in [0.5, 0.6) is 0 Å². The van der Waals surface area contributed by atoms with Crippen molar-refractivity contribution < 1.29 is 16.8 Å².